The average molecular weight is 453 g/mol. The van der Waals surface area contributed by atoms with Gasteiger partial charge in [0.1, 0.15) is 11.3 Å². The number of benzene rings is 2. The molecule has 0 atom stereocenters. The van der Waals surface area contributed by atoms with E-state index in [2.05, 4.69) is 5.32 Å². The molecule has 0 spiro atoms. The molecule has 2 aromatic carbocycles. The Kier molecular flexibility index (Phi) is 5.72. The minimum absolute atomic E-state index is 0.261. The van der Waals surface area contributed by atoms with Crippen molar-refractivity contribution in [2.24, 2.45) is 0 Å². The fraction of sp³-hybridized carbons (Fsp3) is 0.238. The van der Waals surface area contributed by atoms with Gasteiger partial charge in [0.25, 0.3) is 5.91 Å². The molecule has 0 saturated carbocycles. The summed E-state index contributed by atoms with van der Waals surface area (Å²) >= 11 is 18.2. The van der Waals surface area contributed by atoms with Gasteiger partial charge in [0.05, 0.1) is 5.02 Å². The quantitative estimate of drug-likeness (QED) is 0.519. The third-order valence-electron chi connectivity index (χ3n) is 4.78. The zero-order valence-electron chi connectivity index (χ0n) is 15.2. The van der Waals surface area contributed by atoms with Gasteiger partial charge in [-0.1, -0.05) is 34.8 Å². The number of amides is 1. The first kappa shape index (κ1) is 20.1. The fourth-order valence-electron chi connectivity index (χ4n) is 3.52. The third kappa shape index (κ3) is 4.37. The number of aryl methyl sites for hydroxylation is 1. The number of ether oxygens (including phenoxy) is 1. The predicted molar refractivity (Wildman–Crippen MR) is 115 cm³/mol. The van der Waals surface area contributed by atoms with E-state index in [0.29, 0.717) is 26.3 Å². The minimum Gasteiger partial charge on any atom is -0.482 e. The van der Waals surface area contributed by atoms with Crippen LogP contribution in [0.4, 0.5) is 5.69 Å². The second-order valence-electron chi connectivity index (χ2n) is 6.83. The van der Waals surface area contributed by atoms with E-state index in [1.54, 1.807) is 30.3 Å². The number of halogens is 3. The summed E-state index contributed by atoms with van der Waals surface area (Å²) in [6.07, 6.45) is 3.54. The lowest BCUT2D eigenvalue weighted by atomic mass is 9.91. The lowest BCUT2D eigenvalue weighted by Gasteiger charge is -2.17. The van der Waals surface area contributed by atoms with Crippen LogP contribution in [-0.4, -0.2) is 12.5 Å². The van der Waals surface area contributed by atoms with E-state index in [1.165, 1.54) is 0 Å². The molecular formula is C21H16Cl3NO4. The molecule has 5 nitrogen and oxygen atoms in total. The van der Waals surface area contributed by atoms with Crippen LogP contribution in [0, 0.1) is 0 Å². The Morgan fingerprint density at radius 2 is 1.69 bits per heavy atom. The van der Waals surface area contributed by atoms with Crippen molar-refractivity contribution in [2.75, 3.05) is 11.9 Å². The highest BCUT2D eigenvalue weighted by molar-refractivity contribution is 6.35. The van der Waals surface area contributed by atoms with Crippen molar-refractivity contribution in [2.45, 2.75) is 25.7 Å². The Labute approximate surface area is 181 Å². The van der Waals surface area contributed by atoms with Gasteiger partial charge < -0.3 is 14.5 Å². The number of nitrogens with one attached hydrogen (secondary N) is 1. The minimum atomic E-state index is -0.411. The Hall–Kier alpha value is -2.21. The fourth-order valence-corrected chi connectivity index (χ4v) is 4.27. The first-order chi connectivity index (χ1) is 13.9. The van der Waals surface area contributed by atoms with E-state index in [0.717, 1.165) is 42.2 Å². The van der Waals surface area contributed by atoms with Crippen molar-refractivity contribution in [3.05, 3.63) is 66.9 Å². The monoisotopic (exact) mass is 451 g/mol. The first-order valence-electron chi connectivity index (χ1n) is 9.07. The summed E-state index contributed by atoms with van der Waals surface area (Å²) in [5, 5.41) is 4.62. The molecule has 1 heterocycles. The van der Waals surface area contributed by atoms with Crippen molar-refractivity contribution in [3.63, 3.8) is 0 Å². The van der Waals surface area contributed by atoms with Gasteiger partial charge in [-0.2, -0.15) is 0 Å². The van der Waals surface area contributed by atoms with Gasteiger partial charge in [-0.3, -0.25) is 4.79 Å². The number of anilines is 1. The van der Waals surface area contributed by atoms with Gasteiger partial charge >= 0.3 is 5.63 Å². The second kappa shape index (κ2) is 8.27. The van der Waals surface area contributed by atoms with Crippen LogP contribution >= 0.6 is 34.8 Å². The molecule has 1 aliphatic carbocycles. The van der Waals surface area contributed by atoms with Gasteiger partial charge in [-0.25, -0.2) is 4.79 Å². The van der Waals surface area contributed by atoms with Crippen LogP contribution < -0.4 is 15.7 Å². The molecule has 0 bridgehead atoms. The van der Waals surface area contributed by atoms with E-state index >= 15 is 0 Å². The summed E-state index contributed by atoms with van der Waals surface area (Å²) < 4.78 is 11.0. The van der Waals surface area contributed by atoms with Crippen LogP contribution in [0.2, 0.25) is 15.1 Å². The zero-order valence-corrected chi connectivity index (χ0v) is 17.5. The van der Waals surface area contributed by atoms with Crippen LogP contribution in [0.3, 0.4) is 0 Å². The van der Waals surface area contributed by atoms with Crippen molar-refractivity contribution in [1.82, 2.24) is 0 Å². The van der Waals surface area contributed by atoms with Gasteiger partial charge in [0.2, 0.25) is 0 Å². The molecule has 1 aliphatic rings. The first-order valence-corrected chi connectivity index (χ1v) is 10.2. The zero-order chi connectivity index (χ0) is 20.5. The lowest BCUT2D eigenvalue weighted by molar-refractivity contribution is -0.118. The highest BCUT2D eigenvalue weighted by Crippen LogP contribution is 2.34. The number of carbonyl (C=O) groups excluding carboxylic acids is 1. The Morgan fingerprint density at radius 1 is 1.00 bits per heavy atom. The standard InChI is InChI=1S/C21H16Cl3NO4/c22-11-5-12(23)7-13(6-11)25-20(26)10-28-19-9-18-16(8-17(19)24)14-3-1-2-4-15(14)21(27)29-18/h5-9H,1-4,10H2,(H,25,26). The van der Waals surface area contributed by atoms with E-state index in [4.69, 9.17) is 44.0 Å². The van der Waals surface area contributed by atoms with Crippen LogP contribution in [0.25, 0.3) is 11.0 Å². The highest BCUT2D eigenvalue weighted by atomic mass is 35.5. The molecular weight excluding hydrogens is 437 g/mol. The van der Waals surface area contributed by atoms with Crippen molar-refractivity contribution in [3.8, 4) is 5.75 Å². The molecule has 0 aliphatic heterocycles. The van der Waals surface area contributed by atoms with Gasteiger partial charge in [-0.05, 0) is 55.5 Å². The number of hydrogen-bond donors (Lipinski definition) is 1. The molecule has 1 N–H and O–H groups in total. The molecule has 0 unspecified atom stereocenters. The summed E-state index contributed by atoms with van der Waals surface area (Å²) in [6, 6.07) is 8.00. The van der Waals surface area contributed by atoms with Gasteiger partial charge in [0.15, 0.2) is 6.61 Å². The largest absolute Gasteiger partial charge is 0.482 e. The lowest BCUT2D eigenvalue weighted by Crippen LogP contribution is -2.20. The number of fused-ring (bicyclic) bond motifs is 3. The molecule has 0 fully saturated rings. The molecule has 1 aromatic heterocycles. The highest BCUT2D eigenvalue weighted by Gasteiger charge is 2.20. The Bertz CT molecular complexity index is 1150. The topological polar surface area (TPSA) is 68.5 Å². The van der Waals surface area contributed by atoms with Gasteiger partial charge in [0, 0.05) is 32.7 Å². The van der Waals surface area contributed by atoms with E-state index in [1.807, 2.05) is 0 Å². The summed E-state index contributed by atoms with van der Waals surface area (Å²) in [4.78, 5) is 24.5. The summed E-state index contributed by atoms with van der Waals surface area (Å²) in [7, 11) is 0. The maximum absolute atomic E-state index is 12.3. The normalized spacial score (nSPS) is 13.2. The van der Waals surface area contributed by atoms with Crippen LogP contribution in [0.5, 0.6) is 5.75 Å². The molecule has 0 radical (unpaired) electrons. The number of carbonyl (C=O) groups is 1. The van der Waals surface area contributed by atoms with E-state index in [-0.39, 0.29) is 18.0 Å². The third-order valence-corrected chi connectivity index (χ3v) is 5.51. The SMILES string of the molecule is O=C(COc1cc2oc(=O)c3c(c2cc1Cl)CCCC3)Nc1cc(Cl)cc(Cl)c1. The molecule has 3 aromatic rings. The molecule has 4 rings (SSSR count). The number of hydrogen-bond acceptors (Lipinski definition) is 4. The Morgan fingerprint density at radius 3 is 2.41 bits per heavy atom. The smallest absolute Gasteiger partial charge is 0.339 e. The summed E-state index contributed by atoms with van der Waals surface area (Å²) in [5.41, 5.74) is 2.26. The molecule has 8 heteroatoms. The maximum atomic E-state index is 12.3. The Balaban J connectivity index is 1.54. The molecule has 150 valence electrons. The van der Waals surface area contributed by atoms with Crippen molar-refractivity contribution < 1.29 is 13.9 Å². The number of rotatable bonds is 4. The summed E-state index contributed by atoms with van der Waals surface area (Å²) in [6.45, 7) is -0.287. The average Bonchev–Trinajstić information content (AvgIpc) is 2.66. The van der Waals surface area contributed by atoms with Crippen LogP contribution in [0.15, 0.2) is 39.5 Å². The van der Waals surface area contributed by atoms with Crippen LogP contribution in [0.1, 0.15) is 24.0 Å². The molecule has 0 saturated heterocycles. The summed E-state index contributed by atoms with van der Waals surface area (Å²) in [5.74, 6) is -0.149. The van der Waals surface area contributed by atoms with Crippen molar-refractivity contribution >= 4 is 57.4 Å². The predicted octanol–water partition coefficient (Wildman–Crippen LogP) is 5.65. The maximum Gasteiger partial charge on any atom is 0.339 e. The molecule has 1 amide bonds. The van der Waals surface area contributed by atoms with E-state index in [9.17, 15) is 9.59 Å². The van der Waals surface area contributed by atoms with Crippen LogP contribution in [-0.2, 0) is 17.6 Å². The molecule has 29 heavy (non-hydrogen) atoms. The van der Waals surface area contributed by atoms with Crippen molar-refractivity contribution in [1.29, 1.82) is 0 Å². The van der Waals surface area contributed by atoms with Gasteiger partial charge in [-0.15, -0.1) is 0 Å². The second-order valence-corrected chi connectivity index (χ2v) is 8.11. The van der Waals surface area contributed by atoms with E-state index < -0.39 is 5.91 Å².